The first-order chi connectivity index (χ1) is 6.73. The summed E-state index contributed by atoms with van der Waals surface area (Å²) in [5, 5.41) is 0. The molecule has 0 aromatic heterocycles. The van der Waals surface area contributed by atoms with Gasteiger partial charge >= 0.3 is 0 Å². The summed E-state index contributed by atoms with van der Waals surface area (Å²) in [4.78, 5) is 0. The van der Waals surface area contributed by atoms with E-state index in [1.165, 1.54) is 24.8 Å². The van der Waals surface area contributed by atoms with Gasteiger partial charge in [0.05, 0.1) is 13.2 Å². The molecule has 1 nitrogen and oxygen atoms in total. The van der Waals surface area contributed by atoms with Crippen molar-refractivity contribution < 1.29 is 4.74 Å². The molecular formula is C13H20O. The molecule has 1 heterocycles. The molecule has 2 rings (SSSR count). The van der Waals surface area contributed by atoms with Crippen LogP contribution in [0.15, 0.2) is 23.8 Å². The van der Waals surface area contributed by atoms with Crippen molar-refractivity contribution in [2.24, 2.45) is 11.3 Å². The van der Waals surface area contributed by atoms with Gasteiger partial charge in [0.15, 0.2) is 0 Å². The minimum Gasteiger partial charge on any atom is -0.379 e. The average molecular weight is 192 g/mol. The molecule has 0 aromatic rings. The Morgan fingerprint density at radius 2 is 2.14 bits per heavy atom. The predicted molar refractivity (Wildman–Crippen MR) is 59.2 cm³/mol. The fourth-order valence-corrected chi connectivity index (χ4v) is 2.54. The van der Waals surface area contributed by atoms with E-state index >= 15 is 0 Å². The third-order valence-electron chi connectivity index (χ3n) is 3.16. The Labute approximate surface area is 86.8 Å². The average Bonchev–Trinajstić information content (AvgIpc) is 2.12. The Morgan fingerprint density at radius 3 is 2.57 bits per heavy atom. The van der Waals surface area contributed by atoms with Crippen molar-refractivity contribution in [2.45, 2.75) is 33.1 Å². The summed E-state index contributed by atoms with van der Waals surface area (Å²) in [7, 11) is 0. The van der Waals surface area contributed by atoms with Crippen molar-refractivity contribution in [3.05, 3.63) is 23.8 Å². The van der Waals surface area contributed by atoms with Crippen LogP contribution in [0.5, 0.6) is 0 Å². The van der Waals surface area contributed by atoms with Crippen LogP contribution in [0.25, 0.3) is 0 Å². The van der Waals surface area contributed by atoms with Gasteiger partial charge in [-0.25, -0.2) is 0 Å². The summed E-state index contributed by atoms with van der Waals surface area (Å²) >= 11 is 0. The van der Waals surface area contributed by atoms with Crippen molar-refractivity contribution in [1.82, 2.24) is 0 Å². The molecule has 0 unspecified atom stereocenters. The molecule has 0 bridgehead atoms. The van der Waals surface area contributed by atoms with E-state index in [2.05, 4.69) is 32.1 Å². The van der Waals surface area contributed by atoms with Crippen LogP contribution in [0, 0.1) is 11.3 Å². The topological polar surface area (TPSA) is 9.23 Å². The van der Waals surface area contributed by atoms with Crippen LogP contribution in [0.2, 0.25) is 0 Å². The molecule has 2 aliphatic rings. The zero-order chi connectivity index (χ0) is 10.0. The molecule has 0 N–H and O–H groups in total. The largest absolute Gasteiger partial charge is 0.379 e. The maximum atomic E-state index is 5.42. The summed E-state index contributed by atoms with van der Waals surface area (Å²) in [5.74, 6) is 0.759. The first-order valence-corrected chi connectivity index (χ1v) is 5.68. The van der Waals surface area contributed by atoms with Gasteiger partial charge in [-0.15, -0.1) is 0 Å². The molecule has 0 radical (unpaired) electrons. The minimum atomic E-state index is 0.366. The third-order valence-corrected chi connectivity index (χ3v) is 3.16. The smallest absolute Gasteiger partial charge is 0.0585 e. The third kappa shape index (κ3) is 1.78. The Kier molecular flexibility index (Phi) is 2.78. The van der Waals surface area contributed by atoms with Gasteiger partial charge < -0.3 is 4.74 Å². The first-order valence-electron chi connectivity index (χ1n) is 5.68. The molecule has 0 saturated carbocycles. The van der Waals surface area contributed by atoms with E-state index in [1.54, 1.807) is 0 Å². The summed E-state index contributed by atoms with van der Waals surface area (Å²) in [6, 6.07) is 0. The highest BCUT2D eigenvalue weighted by molar-refractivity contribution is 5.31. The second-order valence-corrected chi connectivity index (χ2v) is 5.01. The van der Waals surface area contributed by atoms with Crippen molar-refractivity contribution in [3.8, 4) is 0 Å². The predicted octanol–water partition coefficient (Wildman–Crippen LogP) is 3.33. The molecule has 0 aromatic carbocycles. The van der Waals surface area contributed by atoms with Crippen LogP contribution < -0.4 is 0 Å². The summed E-state index contributed by atoms with van der Waals surface area (Å²) in [6.07, 6.45) is 10.7. The summed E-state index contributed by atoms with van der Waals surface area (Å²) in [6.45, 7) is 6.46. The fourth-order valence-electron chi connectivity index (χ4n) is 2.54. The lowest BCUT2D eigenvalue weighted by Crippen LogP contribution is -2.45. The SMILES string of the molecule is CC(C)CC1(C2=CCCC=C2)COC1. The fraction of sp³-hybridized carbons (Fsp3) is 0.692. The van der Waals surface area contributed by atoms with E-state index in [0.717, 1.165) is 19.1 Å². The number of allylic oxidation sites excluding steroid dienone is 3. The van der Waals surface area contributed by atoms with Crippen molar-refractivity contribution >= 4 is 0 Å². The maximum absolute atomic E-state index is 5.42. The highest BCUT2D eigenvalue weighted by Crippen LogP contribution is 2.43. The van der Waals surface area contributed by atoms with Gasteiger partial charge in [-0.05, 0) is 30.8 Å². The second kappa shape index (κ2) is 3.90. The molecule has 1 saturated heterocycles. The summed E-state index contributed by atoms with van der Waals surface area (Å²) < 4.78 is 5.42. The van der Waals surface area contributed by atoms with Crippen molar-refractivity contribution in [2.75, 3.05) is 13.2 Å². The van der Waals surface area contributed by atoms with Crippen LogP contribution in [0.1, 0.15) is 33.1 Å². The molecule has 14 heavy (non-hydrogen) atoms. The van der Waals surface area contributed by atoms with Crippen LogP contribution in [-0.2, 0) is 4.74 Å². The zero-order valence-electron chi connectivity index (χ0n) is 9.25. The highest BCUT2D eigenvalue weighted by Gasteiger charge is 2.41. The Morgan fingerprint density at radius 1 is 1.36 bits per heavy atom. The second-order valence-electron chi connectivity index (χ2n) is 5.01. The van der Waals surface area contributed by atoms with E-state index in [-0.39, 0.29) is 0 Å². The molecule has 1 heteroatoms. The Hall–Kier alpha value is -0.560. The molecule has 1 aliphatic heterocycles. The van der Waals surface area contributed by atoms with E-state index in [0.29, 0.717) is 5.41 Å². The molecule has 0 atom stereocenters. The normalized spacial score (nSPS) is 24.6. The van der Waals surface area contributed by atoms with E-state index in [4.69, 9.17) is 4.74 Å². The maximum Gasteiger partial charge on any atom is 0.0585 e. The van der Waals surface area contributed by atoms with Crippen molar-refractivity contribution in [3.63, 3.8) is 0 Å². The Balaban J connectivity index is 2.11. The quantitative estimate of drug-likeness (QED) is 0.666. The van der Waals surface area contributed by atoms with Crippen LogP contribution in [-0.4, -0.2) is 13.2 Å². The van der Waals surface area contributed by atoms with Gasteiger partial charge in [0, 0.05) is 5.41 Å². The highest BCUT2D eigenvalue weighted by atomic mass is 16.5. The van der Waals surface area contributed by atoms with Crippen LogP contribution >= 0.6 is 0 Å². The molecule has 1 aliphatic carbocycles. The van der Waals surface area contributed by atoms with Gasteiger partial charge in [-0.1, -0.05) is 32.1 Å². The number of hydrogen-bond acceptors (Lipinski definition) is 1. The number of hydrogen-bond donors (Lipinski definition) is 0. The minimum absolute atomic E-state index is 0.366. The van der Waals surface area contributed by atoms with Gasteiger partial charge in [-0.3, -0.25) is 0 Å². The molecule has 0 amide bonds. The molecule has 0 spiro atoms. The molecule has 78 valence electrons. The zero-order valence-corrected chi connectivity index (χ0v) is 9.25. The number of ether oxygens (including phenoxy) is 1. The molecule has 1 fully saturated rings. The van der Waals surface area contributed by atoms with Gasteiger partial charge in [0.2, 0.25) is 0 Å². The lowest BCUT2D eigenvalue weighted by atomic mass is 9.71. The van der Waals surface area contributed by atoms with Gasteiger partial charge in [0.1, 0.15) is 0 Å². The van der Waals surface area contributed by atoms with Gasteiger partial charge in [-0.2, -0.15) is 0 Å². The van der Waals surface area contributed by atoms with Crippen molar-refractivity contribution in [1.29, 1.82) is 0 Å². The standard InChI is InChI=1S/C13H20O/c1-11(2)8-13(9-14-10-13)12-6-4-3-5-7-12/h4,6-7,11H,3,5,8-10H2,1-2H3. The lowest BCUT2D eigenvalue weighted by molar-refractivity contribution is -0.0971. The van der Waals surface area contributed by atoms with Crippen LogP contribution in [0.4, 0.5) is 0 Å². The van der Waals surface area contributed by atoms with E-state index in [9.17, 15) is 0 Å². The van der Waals surface area contributed by atoms with E-state index in [1.807, 2.05) is 0 Å². The molecular weight excluding hydrogens is 172 g/mol. The number of rotatable bonds is 3. The van der Waals surface area contributed by atoms with Gasteiger partial charge in [0.25, 0.3) is 0 Å². The monoisotopic (exact) mass is 192 g/mol. The first kappa shape index (κ1) is 9.97. The van der Waals surface area contributed by atoms with Crippen LogP contribution in [0.3, 0.4) is 0 Å². The Bertz CT molecular complexity index is 256. The summed E-state index contributed by atoms with van der Waals surface area (Å²) in [5.41, 5.74) is 1.90. The van der Waals surface area contributed by atoms with E-state index < -0.39 is 0 Å². The lowest BCUT2D eigenvalue weighted by Gasteiger charge is -2.44.